The van der Waals surface area contributed by atoms with Crippen LogP contribution in [0.4, 0.5) is 0 Å². The smallest absolute Gasteiger partial charge is 0.0886 e. The molecule has 0 radical (unpaired) electrons. The molecule has 0 atom stereocenters. The van der Waals surface area contributed by atoms with Gasteiger partial charge in [0, 0.05) is 18.5 Å². The number of aryl methyl sites for hydroxylation is 1. The quantitative estimate of drug-likeness (QED) is 0.796. The average molecular weight is 314 g/mol. The number of nitrogens with zero attached hydrogens (tertiary/aromatic N) is 4. The van der Waals surface area contributed by atoms with Gasteiger partial charge in [-0.05, 0) is 75.9 Å². The second kappa shape index (κ2) is 7.00. The Morgan fingerprint density at radius 2 is 2.04 bits per heavy atom. The third-order valence-corrected chi connectivity index (χ3v) is 5.04. The predicted molar refractivity (Wildman–Crippen MR) is 97.1 cm³/mol. The van der Waals surface area contributed by atoms with Gasteiger partial charge in [0.05, 0.1) is 11.7 Å². The third kappa shape index (κ3) is 3.92. The fourth-order valence-electron chi connectivity index (χ4n) is 3.42. The Balaban J connectivity index is 1.74. The molecule has 2 heterocycles. The van der Waals surface area contributed by atoms with Crippen LogP contribution < -0.4 is 0 Å². The van der Waals surface area contributed by atoms with E-state index < -0.39 is 0 Å². The molecular formula is C19H30N4. The Labute approximate surface area is 140 Å². The lowest BCUT2D eigenvalue weighted by atomic mass is 9.95. The van der Waals surface area contributed by atoms with Gasteiger partial charge in [0.15, 0.2) is 0 Å². The molecular weight excluding hydrogens is 284 g/mol. The molecule has 1 aliphatic heterocycles. The summed E-state index contributed by atoms with van der Waals surface area (Å²) in [6.07, 6.45) is 9.18. The van der Waals surface area contributed by atoms with E-state index in [0.717, 1.165) is 19.4 Å². The van der Waals surface area contributed by atoms with Crippen LogP contribution in [0.2, 0.25) is 0 Å². The van der Waals surface area contributed by atoms with Crippen molar-refractivity contribution in [3.63, 3.8) is 0 Å². The molecule has 1 aliphatic carbocycles. The normalized spacial score (nSPS) is 20.7. The first kappa shape index (κ1) is 16.4. The lowest BCUT2D eigenvalue weighted by Gasteiger charge is -2.29. The number of allylic oxidation sites excluding steroid dienone is 1. The molecule has 3 rings (SSSR count). The first-order chi connectivity index (χ1) is 11.0. The molecule has 0 spiro atoms. The molecule has 1 aromatic rings. The van der Waals surface area contributed by atoms with Crippen LogP contribution in [0, 0.1) is 5.92 Å². The third-order valence-electron chi connectivity index (χ3n) is 5.04. The van der Waals surface area contributed by atoms with Crippen molar-refractivity contribution in [1.82, 2.24) is 14.7 Å². The molecule has 0 N–H and O–H groups in total. The van der Waals surface area contributed by atoms with Crippen molar-refractivity contribution < 1.29 is 0 Å². The van der Waals surface area contributed by atoms with Gasteiger partial charge in [0.1, 0.15) is 0 Å². The monoisotopic (exact) mass is 314 g/mol. The fraction of sp³-hybridized carbons (Fsp3) is 0.684. The molecule has 4 heteroatoms. The minimum Gasteiger partial charge on any atom is -0.306 e. The van der Waals surface area contributed by atoms with Crippen molar-refractivity contribution >= 4 is 11.8 Å². The van der Waals surface area contributed by atoms with E-state index in [2.05, 4.69) is 49.7 Å². The van der Waals surface area contributed by atoms with Crippen LogP contribution in [0.25, 0.3) is 6.08 Å². The van der Waals surface area contributed by atoms with E-state index in [9.17, 15) is 0 Å². The number of fused-ring (bicyclic) bond motifs is 1. The highest BCUT2D eigenvalue weighted by molar-refractivity contribution is 6.02. The van der Waals surface area contributed by atoms with Gasteiger partial charge in [-0.1, -0.05) is 13.8 Å². The van der Waals surface area contributed by atoms with Crippen LogP contribution in [-0.2, 0) is 6.42 Å². The van der Waals surface area contributed by atoms with E-state index in [1.165, 1.54) is 48.5 Å². The molecule has 0 unspecified atom stereocenters. The summed E-state index contributed by atoms with van der Waals surface area (Å²) < 4.78 is 2.23. The summed E-state index contributed by atoms with van der Waals surface area (Å²) in [7, 11) is 2.21. The lowest BCUT2D eigenvalue weighted by molar-refractivity contribution is 0.212. The van der Waals surface area contributed by atoms with Crippen molar-refractivity contribution in [3.8, 4) is 0 Å². The molecule has 4 nitrogen and oxygen atoms in total. The molecule has 126 valence electrons. The standard InChI is InChI=1S/C19H30N4/c1-14(2)12-20-15(3)16-5-6-17-13-23(21-19(17)11-16)18-7-9-22(4)10-8-18/h11,13-14,18H,5-10,12H2,1-4H3. The van der Waals surface area contributed by atoms with Gasteiger partial charge in [0.25, 0.3) is 0 Å². The summed E-state index contributed by atoms with van der Waals surface area (Å²) in [5.74, 6) is 0.619. The number of likely N-dealkylation sites (tertiary alicyclic amines) is 1. The Bertz CT molecular complexity index is 601. The van der Waals surface area contributed by atoms with Crippen molar-refractivity contribution in [3.05, 3.63) is 23.0 Å². The van der Waals surface area contributed by atoms with E-state index in [1.807, 2.05) is 0 Å². The van der Waals surface area contributed by atoms with Crippen LogP contribution in [-0.4, -0.2) is 47.1 Å². The summed E-state index contributed by atoms with van der Waals surface area (Å²) in [5.41, 5.74) is 5.14. The number of aliphatic imine (C=N–C) groups is 1. The molecule has 1 aromatic heterocycles. The fourth-order valence-corrected chi connectivity index (χ4v) is 3.42. The van der Waals surface area contributed by atoms with Crippen molar-refractivity contribution in [1.29, 1.82) is 0 Å². The summed E-state index contributed by atoms with van der Waals surface area (Å²) in [6, 6.07) is 0.573. The van der Waals surface area contributed by atoms with Gasteiger partial charge in [-0.15, -0.1) is 0 Å². The van der Waals surface area contributed by atoms with Gasteiger partial charge in [-0.3, -0.25) is 9.67 Å². The Morgan fingerprint density at radius 1 is 1.30 bits per heavy atom. The summed E-state index contributed by atoms with van der Waals surface area (Å²) in [5, 5.41) is 4.89. The number of piperidine rings is 1. The zero-order valence-electron chi connectivity index (χ0n) is 15.0. The Morgan fingerprint density at radius 3 is 2.74 bits per heavy atom. The molecule has 1 fully saturated rings. The van der Waals surface area contributed by atoms with E-state index >= 15 is 0 Å². The maximum atomic E-state index is 4.89. The topological polar surface area (TPSA) is 33.4 Å². The second-order valence-electron chi connectivity index (χ2n) is 7.54. The van der Waals surface area contributed by atoms with Gasteiger partial charge in [-0.25, -0.2) is 0 Å². The number of aromatic nitrogens is 2. The van der Waals surface area contributed by atoms with E-state index in [-0.39, 0.29) is 0 Å². The van der Waals surface area contributed by atoms with Crippen molar-refractivity contribution in [2.75, 3.05) is 26.7 Å². The Kier molecular flexibility index (Phi) is 5.00. The largest absolute Gasteiger partial charge is 0.306 e. The van der Waals surface area contributed by atoms with Crippen molar-refractivity contribution in [2.45, 2.75) is 52.5 Å². The zero-order chi connectivity index (χ0) is 16.4. The summed E-state index contributed by atoms with van der Waals surface area (Å²) in [4.78, 5) is 7.14. The molecule has 0 amide bonds. The van der Waals surface area contributed by atoms with Gasteiger partial charge >= 0.3 is 0 Å². The average Bonchev–Trinajstić information content (AvgIpc) is 2.96. The molecule has 0 bridgehead atoms. The number of rotatable bonds is 4. The Hall–Kier alpha value is -1.42. The minimum absolute atomic E-state index is 0.573. The number of hydrogen-bond donors (Lipinski definition) is 0. The molecule has 1 saturated heterocycles. The highest BCUT2D eigenvalue weighted by Gasteiger charge is 2.22. The first-order valence-corrected chi connectivity index (χ1v) is 9.01. The predicted octanol–water partition coefficient (Wildman–Crippen LogP) is 3.60. The first-order valence-electron chi connectivity index (χ1n) is 9.01. The SMILES string of the molecule is CC(=NCC(C)C)C1=Cc2nn(C3CCN(C)CC3)cc2CC1. The molecule has 0 saturated carbocycles. The van der Waals surface area contributed by atoms with E-state index in [1.54, 1.807) is 0 Å². The highest BCUT2D eigenvalue weighted by Crippen LogP contribution is 2.28. The van der Waals surface area contributed by atoms with Crippen LogP contribution >= 0.6 is 0 Å². The van der Waals surface area contributed by atoms with Gasteiger partial charge in [0.2, 0.25) is 0 Å². The molecule has 0 aromatic carbocycles. The van der Waals surface area contributed by atoms with Crippen LogP contribution in [0.3, 0.4) is 0 Å². The minimum atomic E-state index is 0.573. The maximum absolute atomic E-state index is 4.89. The zero-order valence-corrected chi connectivity index (χ0v) is 15.0. The van der Waals surface area contributed by atoms with Crippen LogP contribution in [0.15, 0.2) is 16.8 Å². The van der Waals surface area contributed by atoms with E-state index in [4.69, 9.17) is 10.1 Å². The molecule has 23 heavy (non-hydrogen) atoms. The summed E-state index contributed by atoms with van der Waals surface area (Å²) >= 11 is 0. The lowest BCUT2D eigenvalue weighted by Crippen LogP contribution is -2.31. The van der Waals surface area contributed by atoms with Crippen molar-refractivity contribution in [2.24, 2.45) is 10.9 Å². The maximum Gasteiger partial charge on any atom is 0.0886 e. The van der Waals surface area contributed by atoms with Crippen LogP contribution in [0.1, 0.15) is 57.3 Å². The van der Waals surface area contributed by atoms with E-state index in [0.29, 0.717) is 12.0 Å². The highest BCUT2D eigenvalue weighted by atomic mass is 15.3. The summed E-state index contributed by atoms with van der Waals surface area (Å²) in [6.45, 7) is 9.85. The van der Waals surface area contributed by atoms with Gasteiger partial charge < -0.3 is 4.90 Å². The molecule has 2 aliphatic rings. The van der Waals surface area contributed by atoms with Crippen LogP contribution in [0.5, 0.6) is 0 Å². The second-order valence-corrected chi connectivity index (χ2v) is 7.54. The number of hydrogen-bond acceptors (Lipinski definition) is 3. The van der Waals surface area contributed by atoms with Gasteiger partial charge in [-0.2, -0.15) is 5.10 Å².